The fraction of sp³-hybridized carbons (Fsp3) is 0.857. The Balaban J connectivity index is 1.69. The Kier molecular flexibility index (Phi) is 6.52. The summed E-state index contributed by atoms with van der Waals surface area (Å²) in [6.45, 7) is 12.5. The highest BCUT2D eigenvalue weighted by Crippen LogP contribution is 2.41. The molecule has 0 aromatic carbocycles. The molecule has 0 radical (unpaired) electrons. The highest BCUT2D eigenvalue weighted by Gasteiger charge is 2.60. The summed E-state index contributed by atoms with van der Waals surface area (Å²) in [4.78, 5) is 15.2. The van der Waals surface area contributed by atoms with Crippen LogP contribution >= 0.6 is 11.8 Å². The van der Waals surface area contributed by atoms with Crippen LogP contribution in [0.5, 0.6) is 0 Å². The lowest BCUT2D eigenvalue weighted by Gasteiger charge is -2.33. The first-order valence-electron chi connectivity index (χ1n) is 10.2. The molecule has 0 aliphatic carbocycles. The van der Waals surface area contributed by atoms with Gasteiger partial charge in [-0.1, -0.05) is 26.0 Å². The minimum Gasteiger partial charge on any atom is -0.356 e. The number of carbonyl (C=O) groups is 1. The molecule has 0 bridgehead atoms. The van der Waals surface area contributed by atoms with Crippen LogP contribution in [0.2, 0.25) is 0 Å². The number of rotatable bonds is 7. The molecule has 0 spiro atoms. The van der Waals surface area contributed by atoms with Gasteiger partial charge in [-0.15, -0.1) is 0 Å². The smallest absolute Gasteiger partial charge is 0.257 e. The van der Waals surface area contributed by atoms with Crippen molar-refractivity contribution in [3.05, 3.63) is 12.2 Å². The first-order chi connectivity index (χ1) is 13.1. The van der Waals surface area contributed by atoms with Crippen molar-refractivity contribution >= 4 is 17.7 Å². The van der Waals surface area contributed by atoms with E-state index < -0.39 is 17.6 Å². The largest absolute Gasteiger partial charge is 0.356 e. The second-order valence-corrected chi connectivity index (χ2v) is 10.1. The molecule has 7 heteroatoms. The first-order valence-corrected chi connectivity index (χ1v) is 11.6. The van der Waals surface area contributed by atoms with Crippen molar-refractivity contribution < 1.29 is 23.7 Å². The minimum atomic E-state index is -0.687. The Morgan fingerprint density at radius 2 is 1.93 bits per heavy atom. The molecule has 5 atom stereocenters. The van der Waals surface area contributed by atoms with Gasteiger partial charge in [0.1, 0.15) is 24.0 Å². The van der Waals surface area contributed by atoms with Gasteiger partial charge in [-0.25, -0.2) is 0 Å². The van der Waals surface area contributed by atoms with Gasteiger partial charge < -0.3 is 23.8 Å². The Hall–Kier alpha value is -0.600. The summed E-state index contributed by atoms with van der Waals surface area (Å²) in [6, 6.07) is 0.0913. The van der Waals surface area contributed by atoms with Crippen molar-refractivity contribution in [3.63, 3.8) is 0 Å². The average Bonchev–Trinajstić information content (AvgIpc) is 3.24. The van der Waals surface area contributed by atoms with Gasteiger partial charge in [-0.05, 0) is 52.0 Å². The van der Waals surface area contributed by atoms with Crippen molar-refractivity contribution in [3.8, 4) is 0 Å². The van der Waals surface area contributed by atoms with Gasteiger partial charge in [0.15, 0.2) is 11.9 Å². The number of amides is 1. The predicted molar refractivity (Wildman–Crippen MR) is 110 cm³/mol. The van der Waals surface area contributed by atoms with E-state index in [1.807, 2.05) is 38.7 Å². The molecule has 3 saturated heterocycles. The summed E-state index contributed by atoms with van der Waals surface area (Å²) in [5.41, 5.74) is -0.611. The van der Waals surface area contributed by atoms with Crippen LogP contribution in [-0.4, -0.2) is 71.4 Å². The Morgan fingerprint density at radius 3 is 2.57 bits per heavy atom. The van der Waals surface area contributed by atoms with Crippen LogP contribution in [0.15, 0.2) is 12.2 Å². The van der Waals surface area contributed by atoms with Crippen LogP contribution in [0.3, 0.4) is 0 Å². The molecule has 3 aliphatic heterocycles. The van der Waals surface area contributed by atoms with Crippen LogP contribution in [0, 0.1) is 5.92 Å². The summed E-state index contributed by atoms with van der Waals surface area (Å²) >= 11 is 1.79. The second-order valence-electron chi connectivity index (χ2n) is 9.12. The summed E-state index contributed by atoms with van der Waals surface area (Å²) in [5, 5.41) is 0. The SMILES string of the molecule is CSCC[C@@H]1COC(C)(C)N1C(=O)[C@@H]1O[C@H]1[C@H]1OC(C)(C)O[C@@H]1/C=C/C(C)C. The Morgan fingerprint density at radius 1 is 1.21 bits per heavy atom. The van der Waals surface area contributed by atoms with Gasteiger partial charge in [-0.3, -0.25) is 4.79 Å². The normalized spacial score (nSPS) is 36.6. The zero-order valence-corrected chi connectivity index (χ0v) is 19.0. The van der Waals surface area contributed by atoms with E-state index in [1.54, 1.807) is 11.8 Å². The molecule has 3 fully saturated rings. The monoisotopic (exact) mass is 413 g/mol. The maximum atomic E-state index is 13.3. The zero-order valence-electron chi connectivity index (χ0n) is 18.1. The van der Waals surface area contributed by atoms with Gasteiger partial charge in [-0.2, -0.15) is 11.8 Å². The third-order valence-electron chi connectivity index (χ3n) is 5.41. The zero-order chi connectivity index (χ0) is 20.7. The number of carbonyl (C=O) groups excluding carboxylic acids is 1. The molecule has 0 aromatic heterocycles. The number of epoxide rings is 1. The van der Waals surface area contributed by atoms with Gasteiger partial charge in [0.2, 0.25) is 0 Å². The van der Waals surface area contributed by atoms with E-state index >= 15 is 0 Å². The molecule has 0 unspecified atom stereocenters. The van der Waals surface area contributed by atoms with Crippen molar-refractivity contribution in [1.29, 1.82) is 0 Å². The second kappa shape index (κ2) is 8.26. The van der Waals surface area contributed by atoms with E-state index in [-0.39, 0.29) is 30.3 Å². The van der Waals surface area contributed by atoms with Crippen LogP contribution < -0.4 is 0 Å². The van der Waals surface area contributed by atoms with E-state index in [9.17, 15) is 4.79 Å². The Bertz CT molecular complexity index is 606. The lowest BCUT2D eigenvalue weighted by Crippen LogP contribution is -2.50. The van der Waals surface area contributed by atoms with Gasteiger partial charge in [0.25, 0.3) is 5.91 Å². The summed E-state index contributed by atoms with van der Waals surface area (Å²) in [5.74, 6) is 0.731. The lowest BCUT2D eigenvalue weighted by molar-refractivity contribution is -0.148. The van der Waals surface area contributed by atoms with Crippen molar-refractivity contribution in [2.75, 3.05) is 18.6 Å². The van der Waals surface area contributed by atoms with Crippen LogP contribution in [-0.2, 0) is 23.7 Å². The molecule has 0 N–H and O–H groups in total. The van der Waals surface area contributed by atoms with Gasteiger partial charge >= 0.3 is 0 Å². The van der Waals surface area contributed by atoms with Crippen molar-refractivity contribution in [1.82, 2.24) is 4.90 Å². The van der Waals surface area contributed by atoms with E-state index in [0.717, 1.165) is 12.2 Å². The molecule has 1 amide bonds. The summed E-state index contributed by atoms with van der Waals surface area (Å²) in [7, 11) is 0. The number of nitrogens with zero attached hydrogens (tertiary/aromatic N) is 1. The fourth-order valence-corrected chi connectivity index (χ4v) is 4.56. The molecule has 3 heterocycles. The molecule has 3 rings (SSSR count). The topological polar surface area (TPSA) is 60.5 Å². The molecule has 160 valence electrons. The molecular weight excluding hydrogens is 378 g/mol. The molecule has 3 aliphatic rings. The molecular formula is C21H35NO5S. The maximum Gasteiger partial charge on any atom is 0.257 e. The maximum absolute atomic E-state index is 13.3. The third-order valence-corrected chi connectivity index (χ3v) is 6.05. The minimum absolute atomic E-state index is 0.00139. The van der Waals surface area contributed by atoms with E-state index in [4.69, 9.17) is 18.9 Å². The first kappa shape index (κ1) is 22.1. The number of hydrogen-bond acceptors (Lipinski definition) is 6. The quantitative estimate of drug-likeness (QED) is 0.472. The number of allylic oxidation sites excluding steroid dienone is 1. The number of ether oxygens (including phenoxy) is 4. The highest BCUT2D eigenvalue weighted by molar-refractivity contribution is 7.98. The molecule has 28 heavy (non-hydrogen) atoms. The summed E-state index contributed by atoms with van der Waals surface area (Å²) < 4.78 is 23.9. The standard InChI is InChI=1S/C21H35NO5S/c1-13(2)8-9-15-16(27-21(5,6)26-15)17-18(25-17)19(23)22-14(10-11-28-7)12-24-20(22,3)4/h8-9,13-18H,10-12H2,1-7H3/b9-8+/t14-,15-,16+,17+,18-/m1/s1. The van der Waals surface area contributed by atoms with Crippen molar-refractivity contribution in [2.24, 2.45) is 5.92 Å². The lowest BCUT2D eigenvalue weighted by atomic mass is 10.0. The molecule has 0 aromatic rings. The van der Waals surface area contributed by atoms with Crippen LogP contribution in [0.1, 0.15) is 48.0 Å². The molecule has 6 nitrogen and oxygen atoms in total. The highest BCUT2D eigenvalue weighted by atomic mass is 32.2. The van der Waals surface area contributed by atoms with Crippen LogP contribution in [0.4, 0.5) is 0 Å². The van der Waals surface area contributed by atoms with Crippen LogP contribution in [0.25, 0.3) is 0 Å². The number of hydrogen-bond donors (Lipinski definition) is 0. The predicted octanol–water partition coefficient (Wildman–Crippen LogP) is 3.20. The van der Waals surface area contributed by atoms with E-state index in [2.05, 4.69) is 26.2 Å². The Labute approximate surface area is 173 Å². The van der Waals surface area contributed by atoms with Crippen molar-refractivity contribution in [2.45, 2.75) is 89.9 Å². The van der Waals surface area contributed by atoms with E-state index in [1.165, 1.54) is 0 Å². The fourth-order valence-electron chi connectivity index (χ4n) is 4.06. The third kappa shape index (κ3) is 4.75. The average molecular weight is 414 g/mol. The summed E-state index contributed by atoms with van der Waals surface area (Å²) in [6.07, 6.45) is 5.88. The number of thioether (sulfide) groups is 1. The molecule has 0 saturated carbocycles. The van der Waals surface area contributed by atoms with Gasteiger partial charge in [0, 0.05) is 0 Å². The van der Waals surface area contributed by atoms with E-state index in [0.29, 0.717) is 12.5 Å². The van der Waals surface area contributed by atoms with Gasteiger partial charge in [0.05, 0.1) is 12.6 Å².